The van der Waals surface area contributed by atoms with Crippen LogP contribution < -0.4 is 9.46 Å². The van der Waals surface area contributed by atoms with Crippen LogP contribution in [0, 0.1) is 11.6 Å². The minimum atomic E-state index is -3.42. The molecule has 1 aromatic carbocycles. The Labute approximate surface area is 186 Å². The van der Waals surface area contributed by atoms with Gasteiger partial charge >= 0.3 is 0 Å². The molecule has 10 heteroatoms. The van der Waals surface area contributed by atoms with Gasteiger partial charge in [0.05, 0.1) is 24.0 Å². The minimum Gasteiger partial charge on any atom is -0.480 e. The standard InChI is InChI=1S/C22H28F2N2O5S/c23-14-9-17-13-1-3-15(4-2-13)30-11-20-19(25-32(28,29)16-5-6-16)7-8-26(20)21(27)12-31-22(17)18(24)10-14/h9-10,13,15-16,19-20,25H,1-8,11-12H2/t13?,15?,19-,20?/m0/s1. The molecule has 1 aromatic rings. The Bertz CT molecular complexity index is 992. The number of benzene rings is 1. The van der Waals surface area contributed by atoms with Crippen LogP contribution >= 0.6 is 0 Å². The molecule has 6 rings (SSSR count). The molecule has 1 amide bonds. The summed E-state index contributed by atoms with van der Waals surface area (Å²) in [6, 6.07) is 1.20. The molecule has 3 fully saturated rings. The Morgan fingerprint density at radius 3 is 2.50 bits per heavy atom. The van der Waals surface area contributed by atoms with Crippen molar-refractivity contribution < 1.29 is 31.5 Å². The fourth-order valence-electron chi connectivity index (χ4n) is 5.22. The van der Waals surface area contributed by atoms with Crippen LogP contribution in [0.3, 0.4) is 0 Å². The number of nitrogens with one attached hydrogen (secondary N) is 1. The van der Waals surface area contributed by atoms with Gasteiger partial charge in [-0.25, -0.2) is 21.9 Å². The highest BCUT2D eigenvalue weighted by atomic mass is 32.2. The molecule has 2 atom stereocenters. The van der Waals surface area contributed by atoms with E-state index in [0.29, 0.717) is 44.2 Å². The molecule has 32 heavy (non-hydrogen) atoms. The number of ether oxygens (including phenoxy) is 2. The lowest BCUT2D eigenvalue weighted by molar-refractivity contribution is -0.136. The van der Waals surface area contributed by atoms with Crippen molar-refractivity contribution in [1.29, 1.82) is 0 Å². The summed E-state index contributed by atoms with van der Waals surface area (Å²) in [6.45, 7) is 0.194. The molecule has 5 aliphatic rings. The average Bonchev–Trinajstić information content (AvgIpc) is 3.54. The van der Waals surface area contributed by atoms with E-state index in [1.165, 1.54) is 6.07 Å². The molecule has 0 aromatic heterocycles. The first-order chi connectivity index (χ1) is 15.3. The summed E-state index contributed by atoms with van der Waals surface area (Å²) >= 11 is 0. The first kappa shape index (κ1) is 22.0. The molecular weight excluding hydrogens is 442 g/mol. The third-order valence-corrected chi connectivity index (χ3v) is 9.12. The Morgan fingerprint density at radius 1 is 1.03 bits per heavy atom. The first-order valence-electron chi connectivity index (χ1n) is 11.4. The summed E-state index contributed by atoms with van der Waals surface area (Å²) in [4.78, 5) is 14.6. The van der Waals surface area contributed by atoms with E-state index in [1.54, 1.807) is 4.90 Å². The SMILES string of the molecule is O=C1COc2c(F)cc(F)cc2C2CCC(CC2)OCC2[C@@H](NS(=O)(=O)C3CC3)CCN12. The van der Waals surface area contributed by atoms with Crippen LogP contribution in [0.4, 0.5) is 8.78 Å². The number of halogens is 2. The number of carbonyl (C=O) groups excluding carboxylic acids is 1. The maximum absolute atomic E-state index is 14.6. The average molecular weight is 471 g/mol. The number of carbonyl (C=O) groups is 1. The molecule has 1 unspecified atom stereocenters. The molecule has 2 aliphatic carbocycles. The molecule has 1 N–H and O–H groups in total. The number of rotatable bonds is 3. The van der Waals surface area contributed by atoms with Gasteiger partial charge in [-0.2, -0.15) is 0 Å². The normalized spacial score (nSPS) is 31.2. The molecule has 3 aliphatic heterocycles. The number of sulfonamides is 1. The highest BCUT2D eigenvalue weighted by molar-refractivity contribution is 7.90. The van der Waals surface area contributed by atoms with Crippen LogP contribution in [0.15, 0.2) is 12.1 Å². The quantitative estimate of drug-likeness (QED) is 0.734. The predicted octanol–water partition coefficient (Wildman–Crippen LogP) is 2.45. The van der Waals surface area contributed by atoms with Gasteiger partial charge in [0.2, 0.25) is 10.0 Å². The first-order valence-corrected chi connectivity index (χ1v) is 12.9. The minimum absolute atomic E-state index is 0.0342. The topological polar surface area (TPSA) is 84.9 Å². The summed E-state index contributed by atoms with van der Waals surface area (Å²) in [5.74, 6) is -1.97. The molecule has 7 nitrogen and oxygen atoms in total. The van der Waals surface area contributed by atoms with Crippen LogP contribution in [0.2, 0.25) is 0 Å². The van der Waals surface area contributed by atoms with Crippen molar-refractivity contribution in [2.75, 3.05) is 19.8 Å². The summed E-state index contributed by atoms with van der Waals surface area (Å²) in [7, 11) is -3.42. The van der Waals surface area contributed by atoms with E-state index in [1.807, 2.05) is 0 Å². The number of hydrogen-bond donors (Lipinski definition) is 1. The highest BCUT2D eigenvalue weighted by Crippen LogP contribution is 2.40. The van der Waals surface area contributed by atoms with Crippen molar-refractivity contribution in [2.45, 2.75) is 74.3 Å². The third kappa shape index (κ3) is 4.36. The molecule has 1 saturated heterocycles. The maximum atomic E-state index is 14.6. The van der Waals surface area contributed by atoms with E-state index in [2.05, 4.69) is 4.72 Å². The van der Waals surface area contributed by atoms with Gasteiger partial charge in [-0.3, -0.25) is 4.79 Å². The van der Waals surface area contributed by atoms with E-state index in [9.17, 15) is 22.0 Å². The Balaban J connectivity index is 1.41. The van der Waals surface area contributed by atoms with Gasteiger partial charge in [0.25, 0.3) is 5.91 Å². The number of amides is 1. The van der Waals surface area contributed by atoms with Crippen LogP contribution in [-0.2, 0) is 19.6 Å². The number of nitrogens with zero attached hydrogens (tertiary/aromatic N) is 1. The van der Waals surface area contributed by atoms with Gasteiger partial charge in [0.15, 0.2) is 18.2 Å². The van der Waals surface area contributed by atoms with Crippen molar-refractivity contribution in [3.63, 3.8) is 0 Å². The zero-order chi connectivity index (χ0) is 22.5. The maximum Gasteiger partial charge on any atom is 0.260 e. The molecule has 176 valence electrons. The molecule has 3 heterocycles. The zero-order valence-corrected chi connectivity index (χ0v) is 18.6. The Kier molecular flexibility index (Phi) is 5.88. The summed E-state index contributed by atoms with van der Waals surface area (Å²) in [5, 5.41) is -0.346. The van der Waals surface area contributed by atoms with Gasteiger partial charge < -0.3 is 14.4 Å². The monoisotopic (exact) mass is 470 g/mol. The zero-order valence-electron chi connectivity index (χ0n) is 17.8. The Hall–Kier alpha value is -1.78. The van der Waals surface area contributed by atoms with Crippen LogP contribution in [0.5, 0.6) is 5.75 Å². The molecular formula is C22H28F2N2O5S. The summed E-state index contributed by atoms with van der Waals surface area (Å²) < 4.78 is 68.1. The van der Waals surface area contributed by atoms with Crippen molar-refractivity contribution in [3.05, 3.63) is 29.3 Å². The van der Waals surface area contributed by atoms with Crippen LogP contribution in [0.1, 0.15) is 56.4 Å². The van der Waals surface area contributed by atoms with Gasteiger partial charge in [0.1, 0.15) is 5.82 Å². The van der Waals surface area contributed by atoms with Crippen molar-refractivity contribution >= 4 is 15.9 Å². The van der Waals surface area contributed by atoms with E-state index in [0.717, 1.165) is 18.9 Å². The van der Waals surface area contributed by atoms with Gasteiger partial charge in [-0.15, -0.1) is 0 Å². The summed E-state index contributed by atoms with van der Waals surface area (Å²) in [5.41, 5.74) is 0.459. The lowest BCUT2D eigenvalue weighted by atomic mass is 9.82. The van der Waals surface area contributed by atoms with Crippen molar-refractivity contribution in [2.24, 2.45) is 0 Å². The molecule has 2 bridgehead atoms. The lowest BCUT2D eigenvalue weighted by Crippen LogP contribution is -2.51. The second kappa shape index (κ2) is 8.53. The van der Waals surface area contributed by atoms with Crippen LogP contribution in [-0.4, -0.2) is 62.4 Å². The third-order valence-electron chi connectivity index (χ3n) is 7.14. The van der Waals surface area contributed by atoms with E-state index in [4.69, 9.17) is 9.47 Å². The van der Waals surface area contributed by atoms with Crippen molar-refractivity contribution in [1.82, 2.24) is 9.62 Å². The number of hydrogen-bond acceptors (Lipinski definition) is 5. The van der Waals surface area contributed by atoms with Gasteiger partial charge in [0, 0.05) is 24.2 Å². The lowest BCUT2D eigenvalue weighted by Gasteiger charge is -2.32. The fourth-order valence-corrected chi connectivity index (χ4v) is 6.87. The molecule has 0 radical (unpaired) electrons. The largest absolute Gasteiger partial charge is 0.480 e. The van der Waals surface area contributed by atoms with E-state index < -0.39 is 40.3 Å². The van der Waals surface area contributed by atoms with Gasteiger partial charge in [-0.1, -0.05) is 0 Å². The molecule has 0 spiro atoms. The highest BCUT2D eigenvalue weighted by Gasteiger charge is 2.44. The Morgan fingerprint density at radius 2 is 1.78 bits per heavy atom. The van der Waals surface area contributed by atoms with E-state index in [-0.39, 0.29) is 35.5 Å². The summed E-state index contributed by atoms with van der Waals surface area (Å²) in [6.07, 6.45) is 4.61. The predicted molar refractivity (Wildman–Crippen MR) is 112 cm³/mol. The van der Waals surface area contributed by atoms with Crippen LogP contribution in [0.25, 0.3) is 0 Å². The number of fused-ring (bicyclic) bond motifs is 5. The van der Waals surface area contributed by atoms with Crippen molar-refractivity contribution in [3.8, 4) is 5.75 Å². The van der Waals surface area contributed by atoms with E-state index >= 15 is 0 Å². The molecule has 2 saturated carbocycles. The second-order valence-electron chi connectivity index (χ2n) is 9.31. The fraction of sp³-hybridized carbons (Fsp3) is 0.682. The van der Waals surface area contributed by atoms with Gasteiger partial charge in [-0.05, 0) is 56.9 Å². The second-order valence-corrected chi connectivity index (χ2v) is 11.3. The smallest absolute Gasteiger partial charge is 0.260 e.